The minimum Gasteiger partial charge on any atom is -0.470 e. The largest absolute Gasteiger partial charge is 0.470 e. The SMILES string of the molecule is CCOc1nc(-c2cnc3ccc(N4CCCC4c4cccc(F)c4)cn23)cs1. The number of imidazole rings is 1. The quantitative estimate of drug-likeness (QED) is 0.447. The maximum atomic E-state index is 13.8. The van der Waals surface area contributed by atoms with Crippen molar-refractivity contribution in [2.75, 3.05) is 18.1 Å². The van der Waals surface area contributed by atoms with Gasteiger partial charge in [0.2, 0.25) is 0 Å². The third-order valence-corrected chi connectivity index (χ3v) is 6.07. The Labute approximate surface area is 172 Å². The van der Waals surface area contributed by atoms with Gasteiger partial charge in [-0.15, -0.1) is 0 Å². The van der Waals surface area contributed by atoms with E-state index in [1.165, 1.54) is 17.4 Å². The number of hydrogen-bond acceptors (Lipinski definition) is 5. The van der Waals surface area contributed by atoms with Crippen molar-refractivity contribution < 1.29 is 9.13 Å². The highest BCUT2D eigenvalue weighted by atomic mass is 32.1. The van der Waals surface area contributed by atoms with E-state index in [0.29, 0.717) is 11.8 Å². The summed E-state index contributed by atoms with van der Waals surface area (Å²) in [7, 11) is 0. The molecule has 0 amide bonds. The molecule has 1 unspecified atom stereocenters. The molecule has 1 aliphatic rings. The Bertz CT molecular complexity index is 1150. The third kappa shape index (κ3) is 3.35. The van der Waals surface area contributed by atoms with Crippen molar-refractivity contribution in [1.82, 2.24) is 14.4 Å². The predicted molar refractivity (Wildman–Crippen MR) is 113 cm³/mol. The summed E-state index contributed by atoms with van der Waals surface area (Å²) in [6, 6.07) is 11.2. The zero-order valence-corrected chi connectivity index (χ0v) is 16.9. The Morgan fingerprint density at radius 3 is 3.07 bits per heavy atom. The van der Waals surface area contributed by atoms with Gasteiger partial charge in [0.1, 0.15) is 17.2 Å². The zero-order valence-electron chi connectivity index (χ0n) is 16.1. The molecule has 5 rings (SSSR count). The fourth-order valence-corrected chi connectivity index (χ4v) is 4.75. The van der Waals surface area contributed by atoms with Crippen molar-refractivity contribution in [2.24, 2.45) is 0 Å². The number of hydrogen-bond donors (Lipinski definition) is 0. The van der Waals surface area contributed by atoms with Crippen molar-refractivity contribution >= 4 is 22.7 Å². The summed E-state index contributed by atoms with van der Waals surface area (Å²) in [5.41, 5.74) is 4.78. The summed E-state index contributed by atoms with van der Waals surface area (Å²) < 4.78 is 21.4. The molecule has 4 heterocycles. The van der Waals surface area contributed by atoms with Gasteiger partial charge >= 0.3 is 0 Å². The monoisotopic (exact) mass is 408 g/mol. The highest BCUT2D eigenvalue weighted by Gasteiger charge is 2.27. The van der Waals surface area contributed by atoms with E-state index in [1.54, 1.807) is 12.1 Å². The molecule has 1 aliphatic heterocycles. The molecule has 5 nitrogen and oxygen atoms in total. The first kappa shape index (κ1) is 18.1. The summed E-state index contributed by atoms with van der Waals surface area (Å²) in [6.45, 7) is 3.50. The van der Waals surface area contributed by atoms with Crippen molar-refractivity contribution in [3.05, 3.63) is 65.6 Å². The molecule has 3 aromatic heterocycles. The van der Waals surface area contributed by atoms with E-state index in [4.69, 9.17) is 4.74 Å². The summed E-state index contributed by atoms with van der Waals surface area (Å²) in [6.07, 6.45) is 6.05. The van der Waals surface area contributed by atoms with Gasteiger partial charge in [0.25, 0.3) is 5.19 Å². The van der Waals surface area contributed by atoms with E-state index in [1.807, 2.05) is 30.6 Å². The topological polar surface area (TPSA) is 42.7 Å². The predicted octanol–water partition coefficient (Wildman–Crippen LogP) is 5.34. The molecule has 29 heavy (non-hydrogen) atoms. The van der Waals surface area contributed by atoms with Gasteiger partial charge in [0.05, 0.1) is 30.2 Å². The number of halogens is 1. The number of nitrogens with zero attached hydrogens (tertiary/aromatic N) is 4. The maximum absolute atomic E-state index is 13.8. The normalized spacial score (nSPS) is 16.6. The van der Waals surface area contributed by atoms with Crippen molar-refractivity contribution in [3.63, 3.8) is 0 Å². The minimum absolute atomic E-state index is 0.180. The molecule has 0 radical (unpaired) electrons. The number of anilines is 1. The molecule has 148 valence electrons. The van der Waals surface area contributed by atoms with Crippen molar-refractivity contribution in [2.45, 2.75) is 25.8 Å². The smallest absolute Gasteiger partial charge is 0.273 e. The first-order chi connectivity index (χ1) is 14.2. The summed E-state index contributed by atoms with van der Waals surface area (Å²) in [5.74, 6) is -0.185. The molecule has 0 spiro atoms. The molecule has 0 N–H and O–H groups in total. The highest BCUT2D eigenvalue weighted by molar-refractivity contribution is 7.11. The van der Waals surface area contributed by atoms with Crippen LogP contribution in [0.4, 0.5) is 10.1 Å². The molecule has 4 aromatic rings. The van der Waals surface area contributed by atoms with Gasteiger partial charge in [-0.1, -0.05) is 23.5 Å². The summed E-state index contributed by atoms with van der Waals surface area (Å²) in [5, 5.41) is 2.66. The van der Waals surface area contributed by atoms with Gasteiger partial charge in [0.15, 0.2) is 0 Å². The Kier molecular flexibility index (Phi) is 4.67. The lowest BCUT2D eigenvalue weighted by Gasteiger charge is -2.27. The first-order valence-electron chi connectivity index (χ1n) is 9.81. The standard InChI is InChI=1S/C22H21FN4OS/c1-2-28-22-25-18(14-29-22)20-12-24-21-9-8-17(13-27(20)21)26-10-4-7-19(26)15-5-3-6-16(23)11-15/h3,5-6,8-9,11-14,19H,2,4,7,10H2,1H3. The van der Waals surface area contributed by atoms with Gasteiger partial charge in [-0.25, -0.2) is 14.4 Å². The van der Waals surface area contributed by atoms with Gasteiger partial charge in [-0.2, -0.15) is 0 Å². The van der Waals surface area contributed by atoms with Crippen LogP contribution in [0.5, 0.6) is 5.19 Å². The van der Waals surface area contributed by atoms with Gasteiger partial charge in [0, 0.05) is 18.1 Å². The molecule has 0 aliphatic carbocycles. The lowest BCUT2D eigenvalue weighted by Crippen LogP contribution is -2.22. The van der Waals surface area contributed by atoms with Crippen LogP contribution < -0.4 is 9.64 Å². The Balaban J connectivity index is 1.52. The average molecular weight is 409 g/mol. The van der Waals surface area contributed by atoms with E-state index in [2.05, 4.69) is 31.5 Å². The number of rotatable bonds is 5. The van der Waals surface area contributed by atoms with Crippen LogP contribution in [0.25, 0.3) is 17.0 Å². The second-order valence-electron chi connectivity index (χ2n) is 7.10. The number of thiazole rings is 1. The second kappa shape index (κ2) is 7.48. The Hall–Kier alpha value is -2.93. The highest BCUT2D eigenvalue weighted by Crippen LogP contribution is 2.37. The number of fused-ring (bicyclic) bond motifs is 1. The Morgan fingerprint density at radius 2 is 2.21 bits per heavy atom. The third-order valence-electron chi connectivity index (χ3n) is 5.32. The lowest BCUT2D eigenvalue weighted by atomic mass is 10.0. The molecular formula is C22H21FN4OS. The van der Waals surface area contributed by atoms with Crippen LogP contribution in [0.15, 0.2) is 54.2 Å². The average Bonchev–Trinajstić information content (AvgIpc) is 3.46. The molecule has 1 atom stereocenters. The van der Waals surface area contributed by atoms with Crippen LogP contribution in [0, 0.1) is 5.82 Å². The molecule has 1 fully saturated rings. The second-order valence-corrected chi connectivity index (χ2v) is 7.92. The number of ether oxygens (including phenoxy) is 1. The van der Waals surface area contributed by atoms with Crippen molar-refractivity contribution in [1.29, 1.82) is 0 Å². The number of benzene rings is 1. The van der Waals surface area contributed by atoms with Crippen LogP contribution in [0.3, 0.4) is 0 Å². The van der Waals surface area contributed by atoms with E-state index < -0.39 is 0 Å². The summed E-state index contributed by atoms with van der Waals surface area (Å²) >= 11 is 1.49. The molecule has 1 aromatic carbocycles. The van der Waals surface area contributed by atoms with Crippen LogP contribution in [0.1, 0.15) is 31.4 Å². The molecule has 0 saturated carbocycles. The maximum Gasteiger partial charge on any atom is 0.273 e. The minimum atomic E-state index is -0.185. The lowest BCUT2D eigenvalue weighted by molar-refractivity contribution is 0.338. The van der Waals surface area contributed by atoms with Crippen LogP contribution in [-0.2, 0) is 0 Å². The van der Waals surface area contributed by atoms with E-state index in [0.717, 1.165) is 47.7 Å². The van der Waals surface area contributed by atoms with E-state index in [-0.39, 0.29) is 11.9 Å². The fourth-order valence-electron chi connectivity index (χ4n) is 4.03. The van der Waals surface area contributed by atoms with Crippen LogP contribution in [0.2, 0.25) is 0 Å². The van der Waals surface area contributed by atoms with Crippen molar-refractivity contribution in [3.8, 4) is 16.6 Å². The van der Waals surface area contributed by atoms with E-state index in [9.17, 15) is 4.39 Å². The molecule has 0 bridgehead atoms. The van der Waals surface area contributed by atoms with Gasteiger partial charge < -0.3 is 9.64 Å². The van der Waals surface area contributed by atoms with E-state index >= 15 is 0 Å². The molecule has 7 heteroatoms. The number of aromatic nitrogens is 3. The number of pyridine rings is 1. The van der Waals surface area contributed by atoms with Gasteiger partial charge in [-0.05, 0) is 49.6 Å². The fraction of sp³-hybridized carbons (Fsp3) is 0.273. The zero-order chi connectivity index (χ0) is 19.8. The van der Waals surface area contributed by atoms with Gasteiger partial charge in [-0.3, -0.25) is 4.40 Å². The summed E-state index contributed by atoms with van der Waals surface area (Å²) in [4.78, 5) is 11.4. The molecular weight excluding hydrogens is 387 g/mol. The van der Waals surface area contributed by atoms with Crippen LogP contribution >= 0.6 is 11.3 Å². The molecule has 1 saturated heterocycles. The Morgan fingerprint density at radius 1 is 1.28 bits per heavy atom. The first-order valence-corrected chi connectivity index (χ1v) is 10.7. The van der Waals surface area contributed by atoms with Crippen LogP contribution in [-0.4, -0.2) is 27.5 Å².